The first-order chi connectivity index (χ1) is 8.56. The Morgan fingerprint density at radius 1 is 1.50 bits per heavy atom. The van der Waals surface area contributed by atoms with Crippen molar-refractivity contribution in [2.75, 3.05) is 0 Å². The lowest BCUT2D eigenvalue weighted by molar-refractivity contribution is 0.109. The largest absolute Gasteiger partial charge is 0.322 e. The third-order valence-corrected chi connectivity index (χ3v) is 4.55. The molecule has 18 heavy (non-hydrogen) atoms. The fourth-order valence-corrected chi connectivity index (χ4v) is 3.42. The second-order valence-electron chi connectivity index (χ2n) is 6.35. The maximum absolute atomic E-state index is 6.56. The molecule has 1 saturated carbocycles. The van der Waals surface area contributed by atoms with Crippen molar-refractivity contribution in [1.82, 2.24) is 9.78 Å². The molecule has 2 rings (SSSR count). The Morgan fingerprint density at radius 2 is 2.28 bits per heavy atom. The smallest absolute Gasteiger partial charge is 0.0554 e. The Hall–Kier alpha value is -0.830. The highest BCUT2D eigenvalue weighted by molar-refractivity contribution is 5.10. The van der Waals surface area contributed by atoms with Gasteiger partial charge in [-0.1, -0.05) is 33.6 Å². The van der Waals surface area contributed by atoms with Crippen LogP contribution in [0.2, 0.25) is 0 Å². The standard InChI is InChI=1S/C15H27N3/c1-4-11-18-13(8-10-17-18)14(16)12-7-5-6-9-15(12,2)3/h8,10,12,14H,4-7,9,11,16H2,1-3H3. The zero-order valence-corrected chi connectivity index (χ0v) is 12.0. The molecule has 3 heteroatoms. The van der Waals surface area contributed by atoms with E-state index in [9.17, 15) is 0 Å². The first kappa shape index (κ1) is 13.6. The number of aromatic nitrogens is 2. The summed E-state index contributed by atoms with van der Waals surface area (Å²) in [6.07, 6.45) is 8.23. The number of nitrogens with two attached hydrogens (primary N) is 1. The van der Waals surface area contributed by atoms with E-state index in [1.807, 2.05) is 6.20 Å². The van der Waals surface area contributed by atoms with Gasteiger partial charge in [-0.2, -0.15) is 5.10 Å². The predicted octanol–water partition coefficient (Wildman–Crippen LogP) is 3.51. The van der Waals surface area contributed by atoms with Crippen molar-refractivity contribution in [3.05, 3.63) is 18.0 Å². The van der Waals surface area contributed by atoms with Gasteiger partial charge in [0.05, 0.1) is 11.7 Å². The van der Waals surface area contributed by atoms with E-state index in [2.05, 4.69) is 36.6 Å². The second kappa shape index (κ2) is 5.43. The lowest BCUT2D eigenvalue weighted by Gasteiger charge is -2.42. The Labute approximate surface area is 111 Å². The lowest BCUT2D eigenvalue weighted by Crippen LogP contribution is -2.37. The van der Waals surface area contributed by atoms with Crippen LogP contribution in [-0.4, -0.2) is 9.78 Å². The zero-order chi connectivity index (χ0) is 13.2. The molecule has 0 radical (unpaired) electrons. The monoisotopic (exact) mass is 249 g/mol. The van der Waals surface area contributed by atoms with Crippen LogP contribution in [0, 0.1) is 11.3 Å². The first-order valence-electron chi connectivity index (χ1n) is 7.33. The predicted molar refractivity (Wildman–Crippen MR) is 75.2 cm³/mol. The van der Waals surface area contributed by atoms with Crippen molar-refractivity contribution in [2.45, 2.75) is 65.5 Å². The van der Waals surface area contributed by atoms with Crippen LogP contribution in [0.3, 0.4) is 0 Å². The SMILES string of the molecule is CCCn1nccc1C(N)C1CCCCC1(C)C. The van der Waals surface area contributed by atoms with Crippen LogP contribution >= 0.6 is 0 Å². The van der Waals surface area contributed by atoms with E-state index in [4.69, 9.17) is 5.73 Å². The van der Waals surface area contributed by atoms with Gasteiger partial charge in [0.15, 0.2) is 0 Å². The highest BCUT2D eigenvalue weighted by Crippen LogP contribution is 2.45. The minimum Gasteiger partial charge on any atom is -0.322 e. The average molecular weight is 249 g/mol. The summed E-state index contributed by atoms with van der Waals surface area (Å²) in [6, 6.07) is 2.24. The molecule has 2 atom stereocenters. The maximum atomic E-state index is 6.56. The second-order valence-corrected chi connectivity index (χ2v) is 6.35. The van der Waals surface area contributed by atoms with Gasteiger partial charge in [0.1, 0.15) is 0 Å². The summed E-state index contributed by atoms with van der Waals surface area (Å²) in [7, 11) is 0. The normalized spacial score (nSPS) is 25.0. The number of nitrogens with zero attached hydrogens (tertiary/aromatic N) is 2. The molecule has 0 saturated heterocycles. The molecule has 1 fully saturated rings. The lowest BCUT2D eigenvalue weighted by atomic mass is 9.65. The van der Waals surface area contributed by atoms with E-state index in [1.54, 1.807) is 0 Å². The van der Waals surface area contributed by atoms with E-state index in [0.29, 0.717) is 11.3 Å². The summed E-state index contributed by atoms with van der Waals surface area (Å²) < 4.78 is 2.09. The molecule has 2 N–H and O–H groups in total. The summed E-state index contributed by atoms with van der Waals surface area (Å²) in [5.74, 6) is 0.582. The van der Waals surface area contributed by atoms with Gasteiger partial charge >= 0.3 is 0 Å². The molecule has 1 aliphatic rings. The van der Waals surface area contributed by atoms with E-state index < -0.39 is 0 Å². The highest BCUT2D eigenvalue weighted by atomic mass is 15.3. The Morgan fingerprint density at radius 3 is 2.94 bits per heavy atom. The Balaban J connectivity index is 2.19. The first-order valence-corrected chi connectivity index (χ1v) is 7.33. The minimum atomic E-state index is 0.134. The fraction of sp³-hybridized carbons (Fsp3) is 0.800. The molecule has 1 aromatic rings. The number of hydrogen-bond donors (Lipinski definition) is 1. The summed E-state index contributed by atoms with van der Waals surface area (Å²) in [5.41, 5.74) is 8.14. The van der Waals surface area contributed by atoms with Crippen LogP contribution in [0.5, 0.6) is 0 Å². The summed E-state index contributed by atoms with van der Waals surface area (Å²) in [6.45, 7) is 7.90. The molecule has 1 aromatic heterocycles. The van der Waals surface area contributed by atoms with Crippen molar-refractivity contribution in [2.24, 2.45) is 17.1 Å². The van der Waals surface area contributed by atoms with Crippen molar-refractivity contribution in [1.29, 1.82) is 0 Å². The summed E-state index contributed by atoms with van der Waals surface area (Å²) in [5, 5.41) is 4.41. The van der Waals surface area contributed by atoms with E-state index in [1.165, 1.54) is 31.4 Å². The van der Waals surface area contributed by atoms with Gasteiger partial charge in [-0.25, -0.2) is 0 Å². The van der Waals surface area contributed by atoms with Crippen molar-refractivity contribution in [3.63, 3.8) is 0 Å². The highest BCUT2D eigenvalue weighted by Gasteiger charge is 2.37. The molecule has 0 aliphatic heterocycles. The maximum Gasteiger partial charge on any atom is 0.0554 e. The number of aryl methyl sites for hydroxylation is 1. The van der Waals surface area contributed by atoms with Gasteiger partial charge in [-0.3, -0.25) is 4.68 Å². The Kier molecular flexibility index (Phi) is 4.10. The van der Waals surface area contributed by atoms with Gasteiger partial charge in [0.2, 0.25) is 0 Å². The molecule has 2 unspecified atom stereocenters. The molecule has 0 amide bonds. The van der Waals surface area contributed by atoms with Crippen LogP contribution in [0.25, 0.3) is 0 Å². The number of rotatable bonds is 4. The summed E-state index contributed by atoms with van der Waals surface area (Å²) >= 11 is 0. The Bertz CT molecular complexity index is 381. The molecule has 1 aliphatic carbocycles. The third kappa shape index (κ3) is 2.61. The molecule has 0 spiro atoms. The van der Waals surface area contributed by atoms with E-state index in [0.717, 1.165) is 13.0 Å². The molecule has 1 heterocycles. The zero-order valence-electron chi connectivity index (χ0n) is 12.0. The van der Waals surface area contributed by atoms with Crippen LogP contribution < -0.4 is 5.73 Å². The molecule has 102 valence electrons. The molecule has 3 nitrogen and oxygen atoms in total. The average Bonchev–Trinajstić information content (AvgIpc) is 2.76. The summed E-state index contributed by atoms with van der Waals surface area (Å²) in [4.78, 5) is 0. The van der Waals surface area contributed by atoms with Gasteiger partial charge < -0.3 is 5.73 Å². The van der Waals surface area contributed by atoms with Crippen LogP contribution in [-0.2, 0) is 6.54 Å². The van der Waals surface area contributed by atoms with Gasteiger partial charge in [0, 0.05) is 12.7 Å². The van der Waals surface area contributed by atoms with Crippen molar-refractivity contribution in [3.8, 4) is 0 Å². The molecular weight excluding hydrogens is 222 g/mol. The number of hydrogen-bond acceptors (Lipinski definition) is 2. The quantitative estimate of drug-likeness (QED) is 0.887. The minimum absolute atomic E-state index is 0.134. The van der Waals surface area contributed by atoms with Gasteiger partial charge in [-0.15, -0.1) is 0 Å². The third-order valence-electron chi connectivity index (χ3n) is 4.55. The molecule has 0 bridgehead atoms. The van der Waals surface area contributed by atoms with Crippen LogP contribution in [0.4, 0.5) is 0 Å². The van der Waals surface area contributed by atoms with Crippen molar-refractivity contribution < 1.29 is 0 Å². The van der Waals surface area contributed by atoms with Crippen molar-refractivity contribution >= 4 is 0 Å². The van der Waals surface area contributed by atoms with Crippen LogP contribution in [0.1, 0.15) is 64.6 Å². The molecular formula is C15H27N3. The van der Waals surface area contributed by atoms with E-state index >= 15 is 0 Å². The topological polar surface area (TPSA) is 43.8 Å². The molecule has 0 aromatic carbocycles. The van der Waals surface area contributed by atoms with Gasteiger partial charge in [-0.05, 0) is 36.7 Å². The van der Waals surface area contributed by atoms with Crippen LogP contribution in [0.15, 0.2) is 12.3 Å². The van der Waals surface area contributed by atoms with Gasteiger partial charge in [0.25, 0.3) is 0 Å². The fourth-order valence-electron chi connectivity index (χ4n) is 3.42. The van der Waals surface area contributed by atoms with E-state index in [-0.39, 0.29) is 6.04 Å².